The zero-order chi connectivity index (χ0) is 13.5. The molecular weight excluding hydrogens is 298 g/mol. The van der Waals surface area contributed by atoms with Gasteiger partial charge in [-0.3, -0.25) is 9.59 Å². The normalized spacial score (nSPS) is 22.2. The van der Waals surface area contributed by atoms with E-state index < -0.39 is 11.5 Å². The van der Waals surface area contributed by atoms with Crippen molar-refractivity contribution < 1.29 is 14.7 Å². The molecule has 0 saturated heterocycles. The van der Waals surface area contributed by atoms with Crippen LogP contribution >= 0.6 is 15.9 Å². The first kappa shape index (κ1) is 13.2. The summed E-state index contributed by atoms with van der Waals surface area (Å²) in [5.74, 6) is -0.636. The monoisotopic (exact) mass is 311 g/mol. The maximum absolute atomic E-state index is 12.3. The van der Waals surface area contributed by atoms with Crippen molar-refractivity contribution in [3.63, 3.8) is 0 Å². The van der Waals surface area contributed by atoms with Crippen LogP contribution in [0.2, 0.25) is 0 Å². The van der Waals surface area contributed by atoms with E-state index in [0.717, 1.165) is 4.47 Å². The third-order valence-electron chi connectivity index (χ3n) is 3.11. The maximum Gasteiger partial charge on any atom is 0.264 e. The molecule has 96 valence electrons. The first-order valence-electron chi connectivity index (χ1n) is 5.74. The summed E-state index contributed by atoms with van der Waals surface area (Å²) in [6.45, 7) is 3.68. The molecule has 1 aromatic carbocycles. The standard InChI is InChI=1S/C13H14BrNO3/c1-3-15-11-5-4-9(14)6-10(11)13(18,12(15)17)7-8(2)16/h4-6,18H,3,7H2,1-2H3/t13-/m0/s1. The number of carbonyl (C=O) groups excluding carboxylic acids is 2. The molecule has 4 nitrogen and oxygen atoms in total. The minimum absolute atomic E-state index is 0.189. The van der Waals surface area contributed by atoms with Gasteiger partial charge >= 0.3 is 0 Å². The van der Waals surface area contributed by atoms with Gasteiger partial charge in [0.15, 0.2) is 5.60 Å². The van der Waals surface area contributed by atoms with Crippen LogP contribution in [0.1, 0.15) is 25.8 Å². The summed E-state index contributed by atoms with van der Waals surface area (Å²) in [6, 6.07) is 5.29. The molecule has 0 unspecified atom stereocenters. The van der Waals surface area contributed by atoms with Gasteiger partial charge in [-0.25, -0.2) is 0 Å². The fourth-order valence-corrected chi connectivity index (χ4v) is 2.73. The van der Waals surface area contributed by atoms with Gasteiger partial charge in [0, 0.05) is 23.0 Å². The number of ketones is 1. The quantitative estimate of drug-likeness (QED) is 0.928. The number of carbonyl (C=O) groups is 2. The Morgan fingerprint density at radius 2 is 2.17 bits per heavy atom. The van der Waals surface area contributed by atoms with Gasteiger partial charge < -0.3 is 10.0 Å². The van der Waals surface area contributed by atoms with Crippen molar-refractivity contribution in [2.75, 3.05) is 11.4 Å². The number of halogens is 1. The summed E-state index contributed by atoms with van der Waals surface area (Å²) < 4.78 is 0.772. The number of hydrogen-bond acceptors (Lipinski definition) is 3. The number of amides is 1. The van der Waals surface area contributed by atoms with Crippen molar-refractivity contribution in [1.29, 1.82) is 0 Å². The van der Waals surface area contributed by atoms with E-state index in [1.807, 2.05) is 13.0 Å². The Morgan fingerprint density at radius 1 is 1.50 bits per heavy atom. The summed E-state index contributed by atoms with van der Waals surface area (Å²) in [5.41, 5.74) is -0.547. The number of Topliss-reactive ketones (excluding diaryl/α,β-unsaturated/α-hetero) is 1. The number of anilines is 1. The maximum atomic E-state index is 12.3. The number of rotatable bonds is 3. The smallest absolute Gasteiger partial charge is 0.264 e. The summed E-state index contributed by atoms with van der Waals surface area (Å²) in [4.78, 5) is 25.1. The molecule has 0 fully saturated rings. The Labute approximate surface area is 114 Å². The van der Waals surface area contributed by atoms with E-state index in [4.69, 9.17) is 0 Å². The predicted octanol–water partition coefficient (Wildman–Crippen LogP) is 1.98. The van der Waals surface area contributed by atoms with Gasteiger partial charge in [0.05, 0.1) is 5.69 Å². The van der Waals surface area contributed by atoms with Crippen molar-refractivity contribution in [3.8, 4) is 0 Å². The largest absolute Gasteiger partial charge is 0.375 e. The van der Waals surface area contributed by atoms with E-state index in [1.54, 1.807) is 12.1 Å². The second-order valence-corrected chi connectivity index (χ2v) is 5.37. The first-order chi connectivity index (χ1) is 8.40. The van der Waals surface area contributed by atoms with Gasteiger partial charge in [-0.15, -0.1) is 0 Å². The van der Waals surface area contributed by atoms with E-state index in [0.29, 0.717) is 17.8 Å². The van der Waals surface area contributed by atoms with E-state index in [1.165, 1.54) is 11.8 Å². The van der Waals surface area contributed by atoms with Crippen LogP contribution < -0.4 is 4.90 Å². The predicted molar refractivity (Wildman–Crippen MR) is 71.4 cm³/mol. The average Bonchev–Trinajstić information content (AvgIpc) is 2.48. The summed E-state index contributed by atoms with van der Waals surface area (Å²) in [6.07, 6.45) is -0.189. The molecule has 5 heteroatoms. The highest BCUT2D eigenvalue weighted by molar-refractivity contribution is 9.10. The molecule has 18 heavy (non-hydrogen) atoms. The Balaban J connectivity index is 2.60. The van der Waals surface area contributed by atoms with Crippen molar-refractivity contribution in [2.45, 2.75) is 25.9 Å². The van der Waals surface area contributed by atoms with Gasteiger partial charge in [0.2, 0.25) is 0 Å². The van der Waals surface area contributed by atoms with Gasteiger partial charge in [-0.2, -0.15) is 0 Å². The highest BCUT2D eigenvalue weighted by Crippen LogP contribution is 2.43. The lowest BCUT2D eigenvalue weighted by Crippen LogP contribution is -2.41. The minimum atomic E-state index is -1.72. The number of likely N-dealkylation sites (N-methyl/N-ethyl adjacent to an activating group) is 1. The van der Waals surface area contributed by atoms with Crippen LogP contribution in [-0.4, -0.2) is 23.3 Å². The van der Waals surface area contributed by atoms with E-state index in [9.17, 15) is 14.7 Å². The Bertz CT molecular complexity index is 529. The van der Waals surface area contributed by atoms with Crippen LogP contribution in [0.5, 0.6) is 0 Å². The van der Waals surface area contributed by atoms with Crippen LogP contribution in [0.25, 0.3) is 0 Å². The molecule has 1 N–H and O–H groups in total. The number of hydrogen-bond donors (Lipinski definition) is 1. The van der Waals surface area contributed by atoms with Crippen LogP contribution in [0, 0.1) is 0 Å². The lowest BCUT2D eigenvalue weighted by molar-refractivity contribution is -0.141. The highest BCUT2D eigenvalue weighted by atomic mass is 79.9. The van der Waals surface area contributed by atoms with Gasteiger partial charge in [0.25, 0.3) is 5.91 Å². The second kappa shape index (κ2) is 4.48. The molecular formula is C13H14BrNO3. The third kappa shape index (κ3) is 1.87. The molecule has 1 heterocycles. The lowest BCUT2D eigenvalue weighted by Gasteiger charge is -2.21. The van der Waals surface area contributed by atoms with E-state index >= 15 is 0 Å². The first-order valence-corrected chi connectivity index (χ1v) is 6.53. The molecule has 1 aliphatic rings. The number of benzene rings is 1. The second-order valence-electron chi connectivity index (χ2n) is 4.45. The molecule has 1 aliphatic heterocycles. The number of aliphatic hydroxyl groups is 1. The van der Waals surface area contributed by atoms with Crippen LogP contribution in [0.4, 0.5) is 5.69 Å². The van der Waals surface area contributed by atoms with Crippen LogP contribution in [-0.2, 0) is 15.2 Å². The van der Waals surface area contributed by atoms with Gasteiger partial charge in [0.1, 0.15) is 5.78 Å². The van der Waals surface area contributed by atoms with E-state index in [-0.39, 0.29) is 12.2 Å². The fourth-order valence-electron chi connectivity index (χ4n) is 2.37. The summed E-state index contributed by atoms with van der Waals surface area (Å²) in [7, 11) is 0. The Morgan fingerprint density at radius 3 is 2.72 bits per heavy atom. The molecule has 1 amide bonds. The van der Waals surface area contributed by atoms with Gasteiger partial charge in [-0.05, 0) is 32.0 Å². The van der Waals surface area contributed by atoms with Crippen molar-refractivity contribution in [1.82, 2.24) is 0 Å². The zero-order valence-electron chi connectivity index (χ0n) is 10.2. The van der Waals surface area contributed by atoms with Crippen molar-refractivity contribution in [3.05, 3.63) is 28.2 Å². The number of fused-ring (bicyclic) bond motifs is 1. The molecule has 0 spiro atoms. The minimum Gasteiger partial charge on any atom is -0.375 e. The Hall–Kier alpha value is -1.20. The molecule has 0 saturated carbocycles. The highest BCUT2D eigenvalue weighted by Gasteiger charge is 2.49. The molecule has 0 bridgehead atoms. The fraction of sp³-hybridized carbons (Fsp3) is 0.385. The molecule has 0 radical (unpaired) electrons. The van der Waals surface area contributed by atoms with Crippen molar-refractivity contribution >= 4 is 33.3 Å². The molecule has 0 aromatic heterocycles. The molecule has 0 aliphatic carbocycles. The van der Waals surface area contributed by atoms with Crippen LogP contribution in [0.3, 0.4) is 0 Å². The molecule has 1 aromatic rings. The van der Waals surface area contributed by atoms with Crippen molar-refractivity contribution in [2.24, 2.45) is 0 Å². The average molecular weight is 312 g/mol. The van der Waals surface area contributed by atoms with Gasteiger partial charge in [-0.1, -0.05) is 15.9 Å². The lowest BCUT2D eigenvalue weighted by atomic mass is 9.90. The van der Waals surface area contributed by atoms with Crippen LogP contribution in [0.15, 0.2) is 22.7 Å². The van der Waals surface area contributed by atoms with E-state index in [2.05, 4.69) is 15.9 Å². The molecule has 2 rings (SSSR count). The topological polar surface area (TPSA) is 57.6 Å². The molecule has 1 atom stereocenters. The summed E-state index contributed by atoms with van der Waals surface area (Å²) in [5, 5.41) is 10.6. The zero-order valence-corrected chi connectivity index (χ0v) is 11.8. The SMILES string of the molecule is CCN1C(=O)[C@](O)(CC(C)=O)c2cc(Br)ccc21. The Kier molecular flexibility index (Phi) is 3.29. The third-order valence-corrected chi connectivity index (χ3v) is 3.61. The summed E-state index contributed by atoms with van der Waals surface area (Å²) >= 11 is 3.32. The number of nitrogens with zero attached hydrogens (tertiary/aromatic N) is 1.